The van der Waals surface area contributed by atoms with Crippen LogP contribution in [0, 0.1) is 5.82 Å². The van der Waals surface area contributed by atoms with Gasteiger partial charge in [-0.3, -0.25) is 14.0 Å². The molecule has 0 saturated heterocycles. The second-order valence-electron chi connectivity index (χ2n) is 9.31. The van der Waals surface area contributed by atoms with Crippen LogP contribution in [0.4, 0.5) is 4.39 Å². The number of carbonyl (C=O) groups is 1. The Hall–Kier alpha value is -4.60. The number of aryl methyl sites for hydroxylation is 1. The molecule has 0 atom stereocenters. The van der Waals surface area contributed by atoms with E-state index in [-0.39, 0.29) is 23.7 Å². The maximum atomic E-state index is 15.0. The second kappa shape index (κ2) is 9.70. The van der Waals surface area contributed by atoms with Crippen LogP contribution in [0.3, 0.4) is 0 Å². The monoisotopic (exact) mass is 511 g/mol. The minimum absolute atomic E-state index is 0.00988. The van der Waals surface area contributed by atoms with Crippen LogP contribution >= 0.6 is 0 Å². The Morgan fingerprint density at radius 2 is 1.87 bits per heavy atom. The highest BCUT2D eigenvalue weighted by Crippen LogP contribution is 2.39. The molecular weight excluding hydrogens is 485 g/mol. The number of nitrogens with zero attached hydrogens (tertiary/aromatic N) is 6. The standard InChI is InChI=1S/C28H26FN7O2/c1-3-38-19-12-13-22(30-16-19)27-33-32-26(36(27)24-11-7-5-9-21(24)29)17-14-18(15-17)31-28(37)25-20-8-4-6-10-23(20)35(2)34-25/h4-13,16-18H,3,14-15H2,1-2H3,(H,31,37)/t17-,18-. The first-order valence-electron chi connectivity index (χ1n) is 12.6. The summed E-state index contributed by atoms with van der Waals surface area (Å²) < 4.78 is 23.9. The van der Waals surface area contributed by atoms with E-state index in [9.17, 15) is 9.18 Å². The molecular formula is C28H26FN7O2. The second-order valence-corrected chi connectivity index (χ2v) is 9.31. The van der Waals surface area contributed by atoms with Gasteiger partial charge in [0.1, 0.15) is 23.1 Å². The molecule has 2 aromatic carbocycles. The Labute approximate surface area is 218 Å². The first-order chi connectivity index (χ1) is 18.5. The molecule has 9 nitrogen and oxygen atoms in total. The highest BCUT2D eigenvalue weighted by atomic mass is 19.1. The van der Waals surface area contributed by atoms with E-state index in [1.165, 1.54) is 6.07 Å². The summed E-state index contributed by atoms with van der Waals surface area (Å²) in [6, 6.07) is 17.7. The average molecular weight is 512 g/mol. The normalized spacial score (nSPS) is 16.8. The summed E-state index contributed by atoms with van der Waals surface area (Å²) >= 11 is 0. The number of ether oxygens (including phenoxy) is 1. The smallest absolute Gasteiger partial charge is 0.272 e. The predicted molar refractivity (Wildman–Crippen MR) is 140 cm³/mol. The van der Waals surface area contributed by atoms with Crippen LogP contribution in [0.15, 0.2) is 66.9 Å². The van der Waals surface area contributed by atoms with Crippen molar-refractivity contribution in [3.8, 4) is 23.0 Å². The van der Waals surface area contributed by atoms with Crippen molar-refractivity contribution < 1.29 is 13.9 Å². The minimum Gasteiger partial charge on any atom is -0.492 e. The van der Waals surface area contributed by atoms with Gasteiger partial charge in [-0.2, -0.15) is 5.10 Å². The molecule has 0 bridgehead atoms. The van der Waals surface area contributed by atoms with Gasteiger partial charge < -0.3 is 10.1 Å². The molecule has 0 radical (unpaired) electrons. The van der Waals surface area contributed by atoms with Crippen molar-refractivity contribution >= 4 is 16.8 Å². The van der Waals surface area contributed by atoms with E-state index < -0.39 is 0 Å². The summed E-state index contributed by atoms with van der Waals surface area (Å²) in [5.74, 6) is 1.12. The zero-order chi connectivity index (χ0) is 26.2. The summed E-state index contributed by atoms with van der Waals surface area (Å²) in [4.78, 5) is 17.5. The number of amides is 1. The summed E-state index contributed by atoms with van der Waals surface area (Å²) in [5.41, 5.74) is 2.22. The van der Waals surface area contributed by atoms with E-state index in [1.54, 1.807) is 39.7 Å². The lowest BCUT2D eigenvalue weighted by molar-refractivity contribution is 0.0903. The Kier molecular flexibility index (Phi) is 6.07. The summed E-state index contributed by atoms with van der Waals surface area (Å²) in [6.07, 6.45) is 2.93. The molecule has 1 aliphatic rings. The first-order valence-corrected chi connectivity index (χ1v) is 12.6. The van der Waals surface area contributed by atoms with Gasteiger partial charge in [-0.15, -0.1) is 10.2 Å². The van der Waals surface area contributed by atoms with E-state index in [4.69, 9.17) is 4.74 Å². The number of halogens is 1. The largest absolute Gasteiger partial charge is 0.492 e. The number of para-hydroxylation sites is 2. The van der Waals surface area contributed by atoms with Gasteiger partial charge in [0.25, 0.3) is 5.91 Å². The SMILES string of the molecule is CCOc1ccc(-c2nnc([C@H]3C[C@H](NC(=O)c4nn(C)c5ccccc45)C3)n2-c2ccccc2F)nc1. The fourth-order valence-electron chi connectivity index (χ4n) is 4.94. The van der Waals surface area contributed by atoms with Gasteiger partial charge in [0, 0.05) is 24.4 Å². The maximum absolute atomic E-state index is 15.0. The number of fused-ring (bicyclic) bond motifs is 1. The van der Waals surface area contributed by atoms with Gasteiger partial charge in [-0.1, -0.05) is 30.3 Å². The number of hydrogen-bond donors (Lipinski definition) is 1. The van der Waals surface area contributed by atoms with Crippen molar-refractivity contribution in [2.75, 3.05) is 6.61 Å². The zero-order valence-corrected chi connectivity index (χ0v) is 21.0. The first kappa shape index (κ1) is 23.8. The molecule has 6 rings (SSSR count). The van der Waals surface area contributed by atoms with Gasteiger partial charge >= 0.3 is 0 Å². The molecule has 1 saturated carbocycles. The Morgan fingerprint density at radius 3 is 2.63 bits per heavy atom. The third-order valence-electron chi connectivity index (χ3n) is 6.87. The van der Waals surface area contributed by atoms with E-state index in [0.29, 0.717) is 53.9 Å². The number of benzene rings is 2. The Morgan fingerprint density at radius 1 is 1.08 bits per heavy atom. The number of rotatable bonds is 7. The third-order valence-corrected chi connectivity index (χ3v) is 6.87. The van der Waals surface area contributed by atoms with Crippen molar-refractivity contribution in [2.24, 2.45) is 7.05 Å². The van der Waals surface area contributed by atoms with Crippen LogP contribution in [-0.2, 0) is 7.05 Å². The summed E-state index contributed by atoms with van der Waals surface area (Å²) in [5, 5.41) is 17.2. The number of carbonyl (C=O) groups excluding carboxylic acids is 1. The topological polar surface area (TPSA) is 99.8 Å². The summed E-state index contributed by atoms with van der Waals surface area (Å²) in [7, 11) is 1.82. The average Bonchev–Trinajstić information content (AvgIpc) is 3.48. The third kappa shape index (κ3) is 4.17. The molecule has 1 amide bonds. The molecule has 1 N–H and O–H groups in total. The van der Waals surface area contributed by atoms with Crippen LogP contribution in [0.25, 0.3) is 28.1 Å². The molecule has 0 aliphatic heterocycles. The van der Waals surface area contributed by atoms with Crippen LogP contribution in [-0.4, -0.2) is 48.1 Å². The van der Waals surface area contributed by atoms with Crippen molar-refractivity contribution in [1.29, 1.82) is 0 Å². The van der Waals surface area contributed by atoms with Crippen molar-refractivity contribution in [3.63, 3.8) is 0 Å². The molecule has 192 valence electrons. The highest BCUT2D eigenvalue weighted by Gasteiger charge is 2.37. The van der Waals surface area contributed by atoms with Crippen LogP contribution in [0.2, 0.25) is 0 Å². The van der Waals surface area contributed by atoms with Crippen molar-refractivity contribution in [1.82, 2.24) is 34.8 Å². The molecule has 5 aromatic rings. The molecule has 3 heterocycles. The molecule has 10 heteroatoms. The number of hydrogen-bond acceptors (Lipinski definition) is 6. The fraction of sp³-hybridized carbons (Fsp3) is 0.250. The van der Waals surface area contributed by atoms with Crippen LogP contribution in [0.1, 0.15) is 42.0 Å². The molecule has 38 heavy (non-hydrogen) atoms. The van der Waals surface area contributed by atoms with Gasteiger partial charge in [-0.25, -0.2) is 9.37 Å². The molecule has 0 spiro atoms. The molecule has 0 unspecified atom stereocenters. The number of aromatic nitrogens is 6. The summed E-state index contributed by atoms with van der Waals surface area (Å²) in [6.45, 7) is 2.44. The maximum Gasteiger partial charge on any atom is 0.272 e. The minimum atomic E-state index is -0.382. The van der Waals surface area contributed by atoms with Crippen molar-refractivity contribution in [3.05, 3.63) is 84.2 Å². The zero-order valence-electron chi connectivity index (χ0n) is 21.0. The van der Waals surface area contributed by atoms with Gasteiger partial charge in [-0.05, 0) is 50.1 Å². The highest BCUT2D eigenvalue weighted by molar-refractivity contribution is 6.05. The van der Waals surface area contributed by atoms with E-state index in [1.807, 2.05) is 44.3 Å². The molecule has 1 aliphatic carbocycles. The fourth-order valence-corrected chi connectivity index (χ4v) is 4.94. The van der Waals surface area contributed by atoms with Gasteiger partial charge in [0.2, 0.25) is 0 Å². The van der Waals surface area contributed by atoms with Crippen LogP contribution in [0.5, 0.6) is 5.75 Å². The number of nitrogens with one attached hydrogen (secondary N) is 1. The van der Waals surface area contributed by atoms with E-state index in [0.717, 1.165) is 10.9 Å². The van der Waals surface area contributed by atoms with Gasteiger partial charge in [0.05, 0.1) is 24.0 Å². The Balaban J connectivity index is 1.25. The van der Waals surface area contributed by atoms with Crippen LogP contribution < -0.4 is 10.1 Å². The lowest BCUT2D eigenvalue weighted by Crippen LogP contribution is -2.44. The van der Waals surface area contributed by atoms with Gasteiger partial charge in [0.15, 0.2) is 11.5 Å². The predicted octanol–water partition coefficient (Wildman–Crippen LogP) is 4.43. The molecule has 3 aromatic heterocycles. The number of pyridine rings is 1. The lowest BCUT2D eigenvalue weighted by Gasteiger charge is -2.35. The lowest BCUT2D eigenvalue weighted by atomic mass is 9.79. The van der Waals surface area contributed by atoms with E-state index >= 15 is 0 Å². The van der Waals surface area contributed by atoms with E-state index in [2.05, 4.69) is 25.6 Å². The quantitative estimate of drug-likeness (QED) is 0.347. The Bertz CT molecular complexity index is 1620. The van der Waals surface area contributed by atoms with Crippen molar-refractivity contribution in [2.45, 2.75) is 31.7 Å². The molecule has 1 fully saturated rings.